The lowest BCUT2D eigenvalue weighted by Crippen LogP contribution is -2.06. The van der Waals surface area contributed by atoms with E-state index in [1.807, 2.05) is 37.3 Å². The average Bonchev–Trinajstić information content (AvgIpc) is 2.50. The highest BCUT2D eigenvalue weighted by Crippen LogP contribution is 2.00. The Morgan fingerprint density at radius 3 is 1.90 bits per heavy atom. The third-order valence-electron chi connectivity index (χ3n) is 2.52. The summed E-state index contributed by atoms with van der Waals surface area (Å²) >= 11 is 0. The molecule has 0 aromatic heterocycles. The molecule has 2 aromatic rings. The highest BCUT2D eigenvalue weighted by molar-refractivity contribution is 5.87. The summed E-state index contributed by atoms with van der Waals surface area (Å²) in [5.41, 5.74) is 1.33. The molecule has 0 aliphatic heterocycles. The molecule has 2 aromatic carbocycles. The van der Waals surface area contributed by atoms with Crippen LogP contribution in [0.2, 0.25) is 0 Å². The number of benzene rings is 2. The molecule has 0 amide bonds. The molecule has 4 heteroatoms. The van der Waals surface area contributed by atoms with Crippen LogP contribution in [-0.4, -0.2) is 23.7 Å². The van der Waals surface area contributed by atoms with Crippen LogP contribution in [0.5, 0.6) is 0 Å². The number of esters is 1. The fourth-order valence-electron chi connectivity index (χ4n) is 1.56. The van der Waals surface area contributed by atoms with E-state index in [2.05, 4.69) is 0 Å². The maximum Gasteiger partial charge on any atom is 0.335 e. The molecule has 0 fully saturated rings. The Bertz CT molecular complexity index is 550. The minimum Gasteiger partial charge on any atom is -0.478 e. The molecule has 0 atom stereocenters. The molecular formula is C17H18O4. The second-order valence-electron chi connectivity index (χ2n) is 4.14. The van der Waals surface area contributed by atoms with Gasteiger partial charge in [-0.05, 0) is 24.6 Å². The van der Waals surface area contributed by atoms with Crippen LogP contribution in [0.1, 0.15) is 22.8 Å². The second-order valence-corrected chi connectivity index (χ2v) is 4.14. The van der Waals surface area contributed by atoms with Crippen LogP contribution in [-0.2, 0) is 16.0 Å². The minimum absolute atomic E-state index is 0.163. The van der Waals surface area contributed by atoms with E-state index in [1.165, 1.54) is 0 Å². The van der Waals surface area contributed by atoms with Gasteiger partial charge in [0.1, 0.15) is 0 Å². The van der Waals surface area contributed by atoms with Gasteiger partial charge in [-0.15, -0.1) is 0 Å². The average molecular weight is 286 g/mol. The van der Waals surface area contributed by atoms with Crippen molar-refractivity contribution in [3.8, 4) is 0 Å². The van der Waals surface area contributed by atoms with Crippen molar-refractivity contribution in [1.82, 2.24) is 0 Å². The molecule has 110 valence electrons. The number of ether oxygens (including phenoxy) is 1. The van der Waals surface area contributed by atoms with Gasteiger partial charge in [0.25, 0.3) is 0 Å². The molecule has 0 unspecified atom stereocenters. The van der Waals surface area contributed by atoms with Crippen LogP contribution in [0.15, 0.2) is 60.7 Å². The van der Waals surface area contributed by atoms with Crippen LogP contribution in [0.4, 0.5) is 0 Å². The van der Waals surface area contributed by atoms with E-state index in [-0.39, 0.29) is 5.97 Å². The fourth-order valence-corrected chi connectivity index (χ4v) is 1.56. The highest BCUT2D eigenvalue weighted by Gasteiger charge is 2.01. The van der Waals surface area contributed by atoms with E-state index in [0.29, 0.717) is 18.6 Å². The topological polar surface area (TPSA) is 63.6 Å². The number of hydrogen-bond acceptors (Lipinski definition) is 3. The van der Waals surface area contributed by atoms with Crippen LogP contribution in [0.3, 0.4) is 0 Å². The zero-order valence-corrected chi connectivity index (χ0v) is 11.9. The molecule has 21 heavy (non-hydrogen) atoms. The predicted molar refractivity (Wildman–Crippen MR) is 80.2 cm³/mol. The summed E-state index contributed by atoms with van der Waals surface area (Å²) < 4.78 is 4.81. The lowest BCUT2D eigenvalue weighted by molar-refractivity contribution is -0.142. The van der Waals surface area contributed by atoms with E-state index in [4.69, 9.17) is 9.84 Å². The summed E-state index contributed by atoms with van der Waals surface area (Å²) in [7, 11) is 0. The Kier molecular flexibility index (Phi) is 7.29. The minimum atomic E-state index is -0.879. The number of aromatic carboxylic acids is 1. The number of hydrogen-bond donors (Lipinski definition) is 1. The van der Waals surface area contributed by atoms with Gasteiger partial charge in [-0.2, -0.15) is 0 Å². The van der Waals surface area contributed by atoms with Crippen molar-refractivity contribution >= 4 is 11.9 Å². The maximum atomic E-state index is 11.0. The molecule has 2 rings (SSSR count). The van der Waals surface area contributed by atoms with Crippen molar-refractivity contribution in [3.63, 3.8) is 0 Å². The molecule has 0 aliphatic carbocycles. The molecule has 0 heterocycles. The van der Waals surface area contributed by atoms with Gasteiger partial charge in [0.2, 0.25) is 0 Å². The summed E-state index contributed by atoms with van der Waals surface area (Å²) in [4.78, 5) is 21.2. The Labute approximate surface area is 124 Å². The Hall–Kier alpha value is -2.62. The quantitative estimate of drug-likeness (QED) is 0.877. The molecule has 0 bridgehead atoms. The first-order chi connectivity index (χ1) is 10.1. The van der Waals surface area contributed by atoms with Crippen molar-refractivity contribution in [1.29, 1.82) is 0 Å². The molecule has 0 saturated carbocycles. The summed E-state index contributed by atoms with van der Waals surface area (Å²) in [5, 5.41) is 8.38. The monoisotopic (exact) mass is 286 g/mol. The number of carboxylic acids is 1. The fraction of sp³-hybridized carbons (Fsp3) is 0.176. The van der Waals surface area contributed by atoms with Gasteiger partial charge in [-0.25, -0.2) is 4.79 Å². The third-order valence-corrected chi connectivity index (χ3v) is 2.52. The molecule has 1 N–H and O–H groups in total. The molecule has 0 radical (unpaired) electrons. The normalized spacial score (nSPS) is 9.19. The van der Waals surface area contributed by atoms with E-state index in [9.17, 15) is 9.59 Å². The van der Waals surface area contributed by atoms with E-state index < -0.39 is 5.97 Å². The number of rotatable bonds is 4. The van der Waals surface area contributed by atoms with Gasteiger partial charge in [0, 0.05) is 0 Å². The second kappa shape index (κ2) is 9.31. The Balaban J connectivity index is 0.000000219. The Morgan fingerprint density at radius 2 is 1.48 bits per heavy atom. The van der Waals surface area contributed by atoms with Crippen molar-refractivity contribution < 1.29 is 19.4 Å². The smallest absolute Gasteiger partial charge is 0.335 e. The zero-order chi connectivity index (χ0) is 15.5. The van der Waals surface area contributed by atoms with Gasteiger partial charge in [-0.3, -0.25) is 4.79 Å². The lowest BCUT2D eigenvalue weighted by Gasteiger charge is -2.00. The largest absolute Gasteiger partial charge is 0.478 e. The summed E-state index contributed by atoms with van der Waals surface area (Å²) in [5.74, 6) is -1.04. The molecule has 0 spiro atoms. The van der Waals surface area contributed by atoms with Gasteiger partial charge in [0.05, 0.1) is 18.6 Å². The number of carbonyl (C=O) groups excluding carboxylic acids is 1. The van der Waals surface area contributed by atoms with Crippen molar-refractivity contribution in [2.24, 2.45) is 0 Å². The van der Waals surface area contributed by atoms with Crippen molar-refractivity contribution in [2.75, 3.05) is 6.61 Å². The van der Waals surface area contributed by atoms with Gasteiger partial charge in [0.15, 0.2) is 0 Å². The highest BCUT2D eigenvalue weighted by atomic mass is 16.5. The summed E-state index contributed by atoms with van der Waals surface area (Å²) in [6.45, 7) is 2.26. The molecular weight excluding hydrogens is 268 g/mol. The van der Waals surface area contributed by atoms with Crippen LogP contribution in [0.25, 0.3) is 0 Å². The van der Waals surface area contributed by atoms with Gasteiger partial charge in [-0.1, -0.05) is 48.5 Å². The molecule has 4 nitrogen and oxygen atoms in total. The Morgan fingerprint density at radius 1 is 0.952 bits per heavy atom. The van der Waals surface area contributed by atoms with E-state index in [1.54, 1.807) is 30.3 Å². The van der Waals surface area contributed by atoms with Gasteiger partial charge < -0.3 is 9.84 Å². The first kappa shape index (κ1) is 16.4. The maximum absolute atomic E-state index is 11.0. The van der Waals surface area contributed by atoms with Crippen LogP contribution >= 0.6 is 0 Å². The molecule has 0 aliphatic rings. The number of carbonyl (C=O) groups is 2. The van der Waals surface area contributed by atoms with Crippen LogP contribution in [0, 0.1) is 0 Å². The van der Waals surface area contributed by atoms with Crippen molar-refractivity contribution in [3.05, 3.63) is 71.8 Å². The first-order valence-corrected chi connectivity index (χ1v) is 6.61. The first-order valence-electron chi connectivity index (χ1n) is 6.61. The van der Waals surface area contributed by atoms with Crippen molar-refractivity contribution in [2.45, 2.75) is 13.3 Å². The zero-order valence-electron chi connectivity index (χ0n) is 11.9. The lowest BCUT2D eigenvalue weighted by atomic mass is 10.2. The third kappa shape index (κ3) is 6.92. The summed E-state index contributed by atoms with van der Waals surface area (Å²) in [6.07, 6.45) is 0.370. The van der Waals surface area contributed by atoms with E-state index in [0.717, 1.165) is 5.56 Å². The standard InChI is InChI=1S/C10H12O2.C7H6O2/c1-2-12-10(11)8-9-6-4-3-5-7-9;8-7(9)6-4-2-1-3-5-6/h3-7H,2,8H2,1H3;1-5H,(H,8,9). The van der Waals surface area contributed by atoms with Crippen LogP contribution < -0.4 is 0 Å². The van der Waals surface area contributed by atoms with E-state index >= 15 is 0 Å². The molecule has 0 saturated heterocycles. The number of carboxylic acid groups (broad SMARTS) is 1. The predicted octanol–water partition coefficient (Wildman–Crippen LogP) is 3.18. The summed E-state index contributed by atoms with van der Waals surface area (Å²) in [6, 6.07) is 17.9. The van der Waals surface area contributed by atoms with Gasteiger partial charge >= 0.3 is 11.9 Å². The SMILES string of the molecule is CCOC(=O)Cc1ccccc1.O=C(O)c1ccccc1.